The lowest BCUT2D eigenvalue weighted by atomic mass is 10.1. The van der Waals surface area contributed by atoms with Gasteiger partial charge in [0, 0.05) is 26.2 Å². The first kappa shape index (κ1) is 17.1. The van der Waals surface area contributed by atoms with E-state index in [1.165, 1.54) is 29.2 Å². The van der Waals surface area contributed by atoms with Crippen LogP contribution in [0.15, 0.2) is 24.3 Å². The van der Waals surface area contributed by atoms with E-state index in [-0.39, 0.29) is 24.1 Å². The van der Waals surface area contributed by atoms with Gasteiger partial charge in [0.25, 0.3) is 11.6 Å². The molecule has 0 saturated heterocycles. The lowest BCUT2D eigenvalue weighted by molar-refractivity contribution is -0.384. The highest BCUT2D eigenvalue weighted by molar-refractivity contribution is 5.96. The maximum atomic E-state index is 12.3. The van der Waals surface area contributed by atoms with Gasteiger partial charge in [-0.1, -0.05) is 0 Å². The predicted molar refractivity (Wildman–Crippen MR) is 86.6 cm³/mol. The second-order valence-electron chi connectivity index (χ2n) is 5.23. The highest BCUT2D eigenvalue weighted by Gasteiger charge is 2.20. The Labute approximate surface area is 138 Å². The van der Waals surface area contributed by atoms with Crippen molar-refractivity contribution in [3.8, 4) is 5.75 Å². The molecule has 1 heterocycles. The molecular weight excluding hydrogens is 314 g/mol. The summed E-state index contributed by atoms with van der Waals surface area (Å²) in [6.45, 7) is 1.66. The molecule has 126 valence electrons. The molecule has 0 aliphatic heterocycles. The van der Waals surface area contributed by atoms with Gasteiger partial charge >= 0.3 is 0 Å². The highest BCUT2D eigenvalue weighted by atomic mass is 16.6. The zero-order valence-corrected chi connectivity index (χ0v) is 13.5. The number of anilines is 1. The molecule has 0 unspecified atom stereocenters. The van der Waals surface area contributed by atoms with Crippen LogP contribution < -0.4 is 10.5 Å². The van der Waals surface area contributed by atoms with E-state index in [0.29, 0.717) is 22.7 Å². The van der Waals surface area contributed by atoms with Crippen molar-refractivity contribution in [3.63, 3.8) is 0 Å². The molecule has 0 spiro atoms. The van der Waals surface area contributed by atoms with Crippen molar-refractivity contribution >= 4 is 17.5 Å². The number of non-ortho nitro benzene ring substituents is 1. The summed E-state index contributed by atoms with van der Waals surface area (Å²) < 4.78 is 5.57. The summed E-state index contributed by atoms with van der Waals surface area (Å²) in [5.41, 5.74) is 6.76. The molecule has 0 saturated carbocycles. The minimum Gasteiger partial charge on any atom is -0.487 e. The van der Waals surface area contributed by atoms with Gasteiger partial charge in [0.15, 0.2) is 0 Å². The van der Waals surface area contributed by atoms with Gasteiger partial charge in [-0.05, 0) is 19.1 Å². The van der Waals surface area contributed by atoms with Crippen molar-refractivity contribution in [1.29, 1.82) is 0 Å². The number of benzene rings is 1. The Morgan fingerprint density at radius 2 is 1.92 bits per heavy atom. The Hall–Kier alpha value is -3.23. The van der Waals surface area contributed by atoms with Crippen molar-refractivity contribution in [2.45, 2.75) is 13.5 Å². The van der Waals surface area contributed by atoms with Gasteiger partial charge in [-0.2, -0.15) is 0 Å². The third kappa shape index (κ3) is 3.75. The molecule has 0 bridgehead atoms. The standard InChI is InChI=1S/C15H17N5O4/c1-9-13(14(21)19(2)3)12(18-15(16)17-9)8-24-11-6-4-10(5-7-11)20(22)23/h4-7H,8H2,1-3H3,(H2,16,17,18). The Morgan fingerprint density at radius 3 is 2.46 bits per heavy atom. The molecular formula is C15H17N5O4. The molecule has 1 aromatic heterocycles. The quantitative estimate of drug-likeness (QED) is 0.651. The van der Waals surface area contributed by atoms with Gasteiger partial charge in [-0.25, -0.2) is 9.97 Å². The number of nitrogens with zero attached hydrogens (tertiary/aromatic N) is 4. The van der Waals surface area contributed by atoms with Gasteiger partial charge in [0.2, 0.25) is 5.95 Å². The molecule has 24 heavy (non-hydrogen) atoms. The third-order valence-electron chi connectivity index (χ3n) is 3.23. The lowest BCUT2D eigenvalue weighted by Crippen LogP contribution is -2.26. The molecule has 0 aliphatic carbocycles. The summed E-state index contributed by atoms with van der Waals surface area (Å²) >= 11 is 0. The van der Waals surface area contributed by atoms with Crippen LogP contribution in [0.1, 0.15) is 21.7 Å². The van der Waals surface area contributed by atoms with E-state index in [9.17, 15) is 14.9 Å². The molecule has 9 nitrogen and oxygen atoms in total. The van der Waals surface area contributed by atoms with Crippen LogP contribution in [0.2, 0.25) is 0 Å². The van der Waals surface area contributed by atoms with Crippen molar-refractivity contribution in [1.82, 2.24) is 14.9 Å². The van der Waals surface area contributed by atoms with Crippen LogP contribution >= 0.6 is 0 Å². The zero-order chi connectivity index (χ0) is 17.9. The molecule has 9 heteroatoms. The molecule has 1 amide bonds. The number of amides is 1. The van der Waals surface area contributed by atoms with Gasteiger partial charge in [-0.3, -0.25) is 14.9 Å². The smallest absolute Gasteiger partial charge is 0.269 e. The molecule has 2 aromatic rings. The number of nitro groups is 1. The second-order valence-corrected chi connectivity index (χ2v) is 5.23. The third-order valence-corrected chi connectivity index (χ3v) is 3.23. The highest BCUT2D eigenvalue weighted by Crippen LogP contribution is 2.20. The average Bonchev–Trinajstić information content (AvgIpc) is 2.52. The molecule has 0 radical (unpaired) electrons. The van der Waals surface area contributed by atoms with Crippen LogP contribution in [0.3, 0.4) is 0 Å². The SMILES string of the molecule is Cc1nc(N)nc(COc2ccc([N+](=O)[O-])cc2)c1C(=O)N(C)C. The van der Waals surface area contributed by atoms with Gasteiger partial charge in [0.05, 0.1) is 21.9 Å². The van der Waals surface area contributed by atoms with E-state index >= 15 is 0 Å². The van der Waals surface area contributed by atoms with Crippen LogP contribution in [-0.2, 0) is 6.61 Å². The Morgan fingerprint density at radius 1 is 1.29 bits per heavy atom. The normalized spacial score (nSPS) is 10.3. The maximum Gasteiger partial charge on any atom is 0.269 e. The monoisotopic (exact) mass is 331 g/mol. The maximum absolute atomic E-state index is 12.3. The van der Waals surface area contributed by atoms with Crippen LogP contribution in [0.4, 0.5) is 11.6 Å². The number of rotatable bonds is 5. The number of carbonyl (C=O) groups excluding carboxylic acids is 1. The number of nitrogen functional groups attached to an aromatic ring is 1. The minimum atomic E-state index is -0.494. The van der Waals surface area contributed by atoms with Crippen molar-refractivity contribution < 1.29 is 14.5 Å². The van der Waals surface area contributed by atoms with E-state index in [4.69, 9.17) is 10.5 Å². The van der Waals surface area contributed by atoms with Crippen molar-refractivity contribution in [2.24, 2.45) is 0 Å². The molecule has 0 fully saturated rings. The first-order chi connectivity index (χ1) is 11.3. The first-order valence-electron chi connectivity index (χ1n) is 7.01. The summed E-state index contributed by atoms with van der Waals surface area (Å²) in [7, 11) is 3.25. The lowest BCUT2D eigenvalue weighted by Gasteiger charge is -2.16. The Bertz CT molecular complexity index is 774. The van der Waals surface area contributed by atoms with E-state index < -0.39 is 4.92 Å². The summed E-state index contributed by atoms with van der Waals surface area (Å²) in [6, 6.07) is 5.62. The minimum absolute atomic E-state index is 0.0136. The van der Waals surface area contributed by atoms with E-state index in [0.717, 1.165) is 0 Å². The number of hydrogen-bond acceptors (Lipinski definition) is 7. The Kier molecular flexibility index (Phi) is 4.93. The number of hydrogen-bond donors (Lipinski definition) is 1. The molecule has 1 aromatic carbocycles. The topological polar surface area (TPSA) is 124 Å². The zero-order valence-electron chi connectivity index (χ0n) is 13.5. The number of aryl methyl sites for hydroxylation is 1. The van der Waals surface area contributed by atoms with E-state index in [1.54, 1.807) is 21.0 Å². The molecule has 2 N–H and O–H groups in total. The number of carbonyl (C=O) groups is 1. The van der Waals surface area contributed by atoms with Crippen LogP contribution in [-0.4, -0.2) is 39.8 Å². The second kappa shape index (κ2) is 6.90. The summed E-state index contributed by atoms with van der Waals surface area (Å²) in [5.74, 6) is 0.207. The van der Waals surface area contributed by atoms with Crippen LogP contribution in [0, 0.1) is 17.0 Å². The fourth-order valence-corrected chi connectivity index (χ4v) is 2.08. The molecule has 0 atom stereocenters. The number of nitrogens with two attached hydrogens (primary N) is 1. The molecule has 0 aliphatic rings. The van der Waals surface area contributed by atoms with Gasteiger partial charge in [0.1, 0.15) is 12.4 Å². The van der Waals surface area contributed by atoms with E-state index in [1.807, 2.05) is 0 Å². The average molecular weight is 331 g/mol. The first-order valence-corrected chi connectivity index (χ1v) is 7.01. The van der Waals surface area contributed by atoms with Crippen LogP contribution in [0.5, 0.6) is 5.75 Å². The summed E-state index contributed by atoms with van der Waals surface area (Å²) in [5, 5.41) is 10.6. The largest absolute Gasteiger partial charge is 0.487 e. The summed E-state index contributed by atoms with van der Waals surface area (Å²) in [4.78, 5) is 32.0. The number of ether oxygens (including phenoxy) is 1. The van der Waals surface area contributed by atoms with Crippen molar-refractivity contribution in [3.05, 3.63) is 51.3 Å². The fraction of sp³-hybridized carbons (Fsp3) is 0.267. The predicted octanol–water partition coefficient (Wildman–Crippen LogP) is 1.56. The number of aromatic nitrogens is 2. The van der Waals surface area contributed by atoms with Crippen LogP contribution in [0.25, 0.3) is 0 Å². The fourth-order valence-electron chi connectivity index (χ4n) is 2.08. The van der Waals surface area contributed by atoms with Crippen molar-refractivity contribution in [2.75, 3.05) is 19.8 Å². The summed E-state index contributed by atoms with van der Waals surface area (Å²) in [6.07, 6.45) is 0. The molecule has 2 rings (SSSR count). The van der Waals surface area contributed by atoms with Gasteiger partial charge in [-0.15, -0.1) is 0 Å². The van der Waals surface area contributed by atoms with E-state index in [2.05, 4.69) is 9.97 Å². The Balaban J connectivity index is 2.25. The number of nitro benzene ring substituents is 1. The van der Waals surface area contributed by atoms with Gasteiger partial charge < -0.3 is 15.4 Å².